The molecule has 2 aliphatic rings. The lowest BCUT2D eigenvalue weighted by molar-refractivity contribution is 0.147. The van der Waals surface area contributed by atoms with Crippen LogP contribution in [0.2, 0.25) is 0 Å². The van der Waals surface area contributed by atoms with E-state index < -0.39 is 0 Å². The summed E-state index contributed by atoms with van der Waals surface area (Å²) in [4.78, 5) is 0. The Morgan fingerprint density at radius 1 is 1.27 bits per heavy atom. The van der Waals surface area contributed by atoms with Crippen LogP contribution in [0, 0.1) is 0 Å². The highest BCUT2D eigenvalue weighted by Gasteiger charge is 2.14. The van der Waals surface area contributed by atoms with E-state index in [0.29, 0.717) is 0 Å². The molecule has 0 radical (unpaired) electrons. The fourth-order valence-corrected chi connectivity index (χ4v) is 1.79. The number of rotatable bonds is 0. The number of allylic oxidation sites excluding steroid dienone is 1. The van der Waals surface area contributed by atoms with Crippen LogP contribution >= 0.6 is 0 Å². The first-order chi connectivity index (χ1) is 5.36. The third kappa shape index (κ3) is 1.38. The molecule has 0 unspecified atom stereocenters. The number of ether oxygens (including phenoxy) is 1. The lowest BCUT2D eigenvalue weighted by Gasteiger charge is -2.23. The van der Waals surface area contributed by atoms with Gasteiger partial charge in [0, 0.05) is 0 Å². The lowest BCUT2D eigenvalue weighted by atomic mass is 9.90. The van der Waals surface area contributed by atoms with Crippen LogP contribution in [-0.2, 0) is 4.74 Å². The Morgan fingerprint density at radius 2 is 2.18 bits per heavy atom. The maximum atomic E-state index is 5.38. The molecule has 1 heteroatoms. The van der Waals surface area contributed by atoms with Gasteiger partial charge in [-0.25, -0.2) is 0 Å². The summed E-state index contributed by atoms with van der Waals surface area (Å²) in [7, 11) is 0. The van der Waals surface area contributed by atoms with Gasteiger partial charge in [-0.2, -0.15) is 0 Å². The average molecular weight is 150 g/mol. The molecular weight excluding hydrogens is 136 g/mol. The molecule has 0 saturated carbocycles. The highest BCUT2D eigenvalue weighted by atomic mass is 16.5. The van der Waals surface area contributed by atoms with Crippen molar-refractivity contribution in [2.75, 3.05) is 13.2 Å². The Kier molecular flexibility index (Phi) is 1.82. The van der Waals surface area contributed by atoms with Gasteiger partial charge >= 0.3 is 0 Å². The van der Waals surface area contributed by atoms with E-state index in [-0.39, 0.29) is 0 Å². The van der Waals surface area contributed by atoms with Crippen molar-refractivity contribution in [3.63, 3.8) is 0 Å². The van der Waals surface area contributed by atoms with Gasteiger partial charge < -0.3 is 4.74 Å². The molecule has 1 heterocycles. The molecule has 0 aromatic rings. The lowest BCUT2D eigenvalue weighted by Crippen LogP contribution is -2.12. The summed E-state index contributed by atoms with van der Waals surface area (Å²) in [5, 5.41) is 0. The van der Waals surface area contributed by atoms with Crippen molar-refractivity contribution in [1.82, 2.24) is 0 Å². The fourth-order valence-electron chi connectivity index (χ4n) is 1.79. The Morgan fingerprint density at radius 3 is 3.09 bits per heavy atom. The summed E-state index contributed by atoms with van der Waals surface area (Å²) < 4.78 is 5.38. The molecule has 1 aliphatic carbocycles. The number of hydrogen-bond acceptors (Lipinski definition) is 1. The molecule has 0 spiro atoms. The third-order valence-electron chi connectivity index (χ3n) is 2.50. The zero-order valence-electron chi connectivity index (χ0n) is 7.02. The van der Waals surface area contributed by atoms with Crippen molar-refractivity contribution in [3.8, 4) is 0 Å². The van der Waals surface area contributed by atoms with Gasteiger partial charge in [0.25, 0.3) is 0 Å². The molecule has 0 N–H and O–H groups in total. The van der Waals surface area contributed by atoms with E-state index in [0.717, 1.165) is 13.2 Å². The summed E-state index contributed by atoms with van der Waals surface area (Å²) in [6, 6.07) is 0. The van der Waals surface area contributed by atoms with E-state index in [1.165, 1.54) is 30.4 Å². The molecular formula is C10H14O. The van der Waals surface area contributed by atoms with E-state index in [1.807, 2.05) is 0 Å². The van der Waals surface area contributed by atoms with Gasteiger partial charge in [0.2, 0.25) is 0 Å². The second-order valence-corrected chi connectivity index (χ2v) is 3.42. The minimum atomic E-state index is 0.854. The van der Waals surface area contributed by atoms with Gasteiger partial charge in [-0.05, 0) is 31.8 Å². The van der Waals surface area contributed by atoms with Crippen molar-refractivity contribution in [1.29, 1.82) is 0 Å². The highest BCUT2D eigenvalue weighted by molar-refractivity contribution is 5.34. The summed E-state index contributed by atoms with van der Waals surface area (Å²) in [6.45, 7) is 4.00. The second-order valence-electron chi connectivity index (χ2n) is 3.42. The van der Waals surface area contributed by atoms with Gasteiger partial charge in [0.15, 0.2) is 0 Å². The van der Waals surface area contributed by atoms with Gasteiger partial charge in [0.05, 0.1) is 13.2 Å². The zero-order chi connectivity index (χ0) is 7.68. The molecule has 0 amide bonds. The summed E-state index contributed by atoms with van der Waals surface area (Å²) in [5.74, 6) is 0. The largest absolute Gasteiger partial charge is 0.376 e. The normalized spacial score (nSPS) is 24.6. The van der Waals surface area contributed by atoms with Gasteiger partial charge in [-0.15, -0.1) is 0 Å². The van der Waals surface area contributed by atoms with Crippen LogP contribution < -0.4 is 0 Å². The molecule has 0 saturated heterocycles. The molecule has 1 aliphatic heterocycles. The minimum Gasteiger partial charge on any atom is -0.376 e. The Balaban J connectivity index is 2.25. The van der Waals surface area contributed by atoms with Gasteiger partial charge in [0.1, 0.15) is 0 Å². The topological polar surface area (TPSA) is 9.23 Å². The minimum absolute atomic E-state index is 0.854. The predicted octanol–water partition coefficient (Wildman–Crippen LogP) is 2.44. The first-order valence-corrected chi connectivity index (χ1v) is 4.32. The van der Waals surface area contributed by atoms with Crippen LogP contribution in [0.15, 0.2) is 22.8 Å². The van der Waals surface area contributed by atoms with Crippen molar-refractivity contribution >= 4 is 0 Å². The smallest absolute Gasteiger partial charge is 0.0716 e. The molecule has 1 nitrogen and oxygen atoms in total. The van der Waals surface area contributed by atoms with Crippen molar-refractivity contribution < 1.29 is 4.74 Å². The molecule has 11 heavy (non-hydrogen) atoms. The molecule has 60 valence electrons. The van der Waals surface area contributed by atoms with Crippen LogP contribution in [0.1, 0.15) is 26.2 Å². The quantitative estimate of drug-likeness (QED) is 0.515. The molecule has 0 aromatic carbocycles. The van der Waals surface area contributed by atoms with Gasteiger partial charge in [-0.1, -0.05) is 17.2 Å². The maximum absolute atomic E-state index is 5.38. The Bertz CT molecular complexity index is 223. The first-order valence-electron chi connectivity index (χ1n) is 4.32. The van der Waals surface area contributed by atoms with Crippen molar-refractivity contribution in [3.05, 3.63) is 22.8 Å². The van der Waals surface area contributed by atoms with Crippen molar-refractivity contribution in [2.24, 2.45) is 0 Å². The molecule has 2 rings (SSSR count). The molecule has 0 fully saturated rings. The second kappa shape index (κ2) is 2.82. The summed E-state index contributed by atoms with van der Waals surface area (Å²) in [6.07, 6.45) is 6.01. The van der Waals surface area contributed by atoms with E-state index >= 15 is 0 Å². The Hall–Kier alpha value is -0.560. The van der Waals surface area contributed by atoms with Crippen molar-refractivity contribution in [2.45, 2.75) is 26.2 Å². The average Bonchev–Trinajstić information content (AvgIpc) is 2.04. The Labute approximate surface area is 67.7 Å². The first kappa shape index (κ1) is 7.11. The summed E-state index contributed by atoms with van der Waals surface area (Å²) in [5.41, 5.74) is 4.61. The fraction of sp³-hybridized carbons (Fsp3) is 0.600. The van der Waals surface area contributed by atoms with Gasteiger partial charge in [-0.3, -0.25) is 0 Å². The van der Waals surface area contributed by atoms with E-state index in [9.17, 15) is 0 Å². The van der Waals surface area contributed by atoms with Crippen LogP contribution in [0.4, 0.5) is 0 Å². The summed E-state index contributed by atoms with van der Waals surface area (Å²) >= 11 is 0. The van der Waals surface area contributed by atoms with Crippen LogP contribution in [-0.4, -0.2) is 13.2 Å². The third-order valence-corrected chi connectivity index (χ3v) is 2.50. The monoisotopic (exact) mass is 150 g/mol. The van der Waals surface area contributed by atoms with E-state index in [4.69, 9.17) is 4.74 Å². The van der Waals surface area contributed by atoms with E-state index in [1.54, 1.807) is 5.57 Å². The zero-order valence-corrected chi connectivity index (χ0v) is 7.02. The molecule has 0 atom stereocenters. The van der Waals surface area contributed by atoms with Crippen LogP contribution in [0.25, 0.3) is 0 Å². The maximum Gasteiger partial charge on any atom is 0.0716 e. The number of hydrogen-bond donors (Lipinski definition) is 0. The standard InChI is InChI=1S/C10H14O/c1-8-2-3-9-4-5-11-7-10(9)6-8/h6H,2-5,7H2,1H3. The van der Waals surface area contributed by atoms with E-state index in [2.05, 4.69) is 13.0 Å². The molecule has 0 aromatic heterocycles. The predicted molar refractivity (Wildman–Crippen MR) is 45.5 cm³/mol. The highest BCUT2D eigenvalue weighted by Crippen LogP contribution is 2.28. The van der Waals surface area contributed by atoms with Crippen LogP contribution in [0.3, 0.4) is 0 Å². The molecule has 0 bridgehead atoms. The SMILES string of the molecule is CC1=CC2=C(CCOC2)CC1. The van der Waals surface area contributed by atoms with Crippen LogP contribution in [0.5, 0.6) is 0 Å².